The molecule has 1 aliphatic heterocycles. The first-order chi connectivity index (χ1) is 13.0. The third-order valence-corrected chi connectivity index (χ3v) is 5.47. The number of aryl methyl sites for hydroxylation is 1. The minimum absolute atomic E-state index is 0.0277. The molecule has 2 atom stereocenters. The number of aliphatic hydroxyl groups excluding tert-OH is 2. The van der Waals surface area contributed by atoms with Crippen molar-refractivity contribution in [2.45, 2.75) is 6.92 Å². The van der Waals surface area contributed by atoms with Gasteiger partial charge in [-0.1, -0.05) is 0 Å². The number of ether oxygens (including phenoxy) is 1. The number of nitrogens with zero attached hydrogens (tertiary/aromatic N) is 2. The fraction of sp³-hybridized carbons (Fsp3) is 0.550. The van der Waals surface area contributed by atoms with Crippen molar-refractivity contribution in [1.29, 1.82) is 0 Å². The van der Waals surface area contributed by atoms with Gasteiger partial charge in [-0.2, -0.15) is 0 Å². The maximum Gasteiger partial charge on any atom is 0.289 e. The van der Waals surface area contributed by atoms with Gasteiger partial charge in [0.1, 0.15) is 11.3 Å². The summed E-state index contributed by atoms with van der Waals surface area (Å²) in [5.41, 5.74) is 1.45. The van der Waals surface area contributed by atoms with Crippen molar-refractivity contribution in [3.8, 4) is 5.75 Å². The second-order valence-electron chi connectivity index (χ2n) is 7.32. The molecule has 0 spiro atoms. The Morgan fingerprint density at radius 1 is 1.33 bits per heavy atom. The zero-order valence-corrected chi connectivity index (χ0v) is 16.1. The van der Waals surface area contributed by atoms with E-state index in [0.717, 1.165) is 17.5 Å². The molecule has 2 unspecified atom stereocenters. The van der Waals surface area contributed by atoms with E-state index in [1.165, 1.54) is 0 Å². The van der Waals surface area contributed by atoms with Crippen molar-refractivity contribution in [3.05, 3.63) is 29.5 Å². The zero-order chi connectivity index (χ0) is 19.6. The molecule has 7 heteroatoms. The second-order valence-corrected chi connectivity index (χ2v) is 7.32. The van der Waals surface area contributed by atoms with Crippen LogP contribution in [0.1, 0.15) is 16.1 Å². The number of benzene rings is 1. The van der Waals surface area contributed by atoms with Crippen LogP contribution in [0.2, 0.25) is 0 Å². The second kappa shape index (κ2) is 8.29. The summed E-state index contributed by atoms with van der Waals surface area (Å²) >= 11 is 0. The maximum absolute atomic E-state index is 13.1. The molecule has 148 valence electrons. The van der Waals surface area contributed by atoms with E-state index in [1.807, 2.05) is 31.0 Å². The molecule has 1 saturated heterocycles. The number of rotatable bonds is 7. The number of furan rings is 1. The molecule has 0 bridgehead atoms. The van der Waals surface area contributed by atoms with Gasteiger partial charge >= 0.3 is 0 Å². The van der Waals surface area contributed by atoms with Gasteiger partial charge < -0.3 is 29.2 Å². The highest BCUT2D eigenvalue weighted by Crippen LogP contribution is 2.31. The Labute approximate surface area is 159 Å². The fourth-order valence-electron chi connectivity index (χ4n) is 3.86. The van der Waals surface area contributed by atoms with E-state index in [9.17, 15) is 9.90 Å². The quantitative estimate of drug-likeness (QED) is 0.759. The number of hydrogen-bond acceptors (Lipinski definition) is 6. The number of carbonyl (C=O) groups is 1. The summed E-state index contributed by atoms with van der Waals surface area (Å²) < 4.78 is 11.1. The monoisotopic (exact) mass is 376 g/mol. The summed E-state index contributed by atoms with van der Waals surface area (Å²) in [6, 6.07) is 5.53. The van der Waals surface area contributed by atoms with Gasteiger partial charge in [0, 0.05) is 55.7 Å². The first kappa shape index (κ1) is 19.7. The Morgan fingerprint density at radius 3 is 2.74 bits per heavy atom. The Bertz CT molecular complexity index is 803. The molecule has 1 aromatic heterocycles. The Balaban J connectivity index is 1.79. The number of carbonyl (C=O) groups excluding carboxylic acids is 1. The molecule has 1 aromatic carbocycles. The van der Waals surface area contributed by atoms with Gasteiger partial charge in [0.2, 0.25) is 0 Å². The summed E-state index contributed by atoms with van der Waals surface area (Å²) in [6.45, 7) is 4.40. The largest absolute Gasteiger partial charge is 0.497 e. The number of fused-ring (bicyclic) bond motifs is 1. The van der Waals surface area contributed by atoms with Crippen LogP contribution in [0.5, 0.6) is 5.75 Å². The van der Waals surface area contributed by atoms with Crippen LogP contribution in [0, 0.1) is 18.8 Å². The van der Waals surface area contributed by atoms with Gasteiger partial charge in [-0.3, -0.25) is 4.79 Å². The lowest BCUT2D eigenvalue weighted by Gasteiger charge is -2.22. The van der Waals surface area contributed by atoms with Crippen LogP contribution >= 0.6 is 0 Å². The normalized spacial score (nSPS) is 20.0. The molecular weight excluding hydrogens is 348 g/mol. The van der Waals surface area contributed by atoms with Crippen molar-refractivity contribution in [3.63, 3.8) is 0 Å². The van der Waals surface area contributed by atoms with Crippen LogP contribution in [-0.4, -0.2) is 79.5 Å². The molecule has 2 aromatic rings. The molecule has 27 heavy (non-hydrogen) atoms. The van der Waals surface area contributed by atoms with Crippen molar-refractivity contribution in [2.75, 3.05) is 53.6 Å². The maximum atomic E-state index is 13.1. The minimum atomic E-state index is -0.145. The lowest BCUT2D eigenvalue weighted by atomic mass is 9.96. The number of likely N-dealkylation sites (N-methyl/N-ethyl adjacent to an activating group) is 1. The van der Waals surface area contributed by atoms with E-state index in [1.54, 1.807) is 18.1 Å². The van der Waals surface area contributed by atoms with Crippen molar-refractivity contribution >= 4 is 16.9 Å². The molecule has 7 nitrogen and oxygen atoms in total. The predicted octanol–water partition coefficient (Wildman–Crippen LogP) is 1.35. The molecule has 1 fully saturated rings. The highest BCUT2D eigenvalue weighted by molar-refractivity contribution is 5.99. The van der Waals surface area contributed by atoms with E-state index < -0.39 is 0 Å². The molecule has 0 saturated carbocycles. The summed E-state index contributed by atoms with van der Waals surface area (Å²) in [7, 11) is 3.53. The van der Waals surface area contributed by atoms with E-state index in [4.69, 9.17) is 14.3 Å². The van der Waals surface area contributed by atoms with E-state index in [-0.39, 0.29) is 31.0 Å². The highest BCUT2D eigenvalue weighted by atomic mass is 16.5. The number of likely N-dealkylation sites (tertiary alicyclic amines) is 1. The van der Waals surface area contributed by atoms with Gasteiger partial charge in [-0.25, -0.2) is 0 Å². The fourth-order valence-corrected chi connectivity index (χ4v) is 3.86. The molecule has 0 aliphatic carbocycles. The third-order valence-electron chi connectivity index (χ3n) is 5.47. The SMILES string of the molecule is COc1ccc2c(C)c(C(=O)N3CC(CO)C(CN(C)CCO)C3)oc2c1. The lowest BCUT2D eigenvalue weighted by molar-refractivity contribution is 0.0748. The molecule has 0 radical (unpaired) electrons. The average molecular weight is 376 g/mol. The summed E-state index contributed by atoms with van der Waals surface area (Å²) in [5, 5.41) is 19.7. The van der Waals surface area contributed by atoms with Crippen molar-refractivity contribution in [1.82, 2.24) is 9.80 Å². The molecule has 2 N–H and O–H groups in total. The molecular formula is C20H28N2O5. The first-order valence-electron chi connectivity index (χ1n) is 9.25. The number of amides is 1. The predicted molar refractivity (Wildman–Crippen MR) is 102 cm³/mol. The number of hydrogen-bond donors (Lipinski definition) is 2. The van der Waals surface area contributed by atoms with E-state index in [2.05, 4.69) is 0 Å². The molecule has 3 rings (SSSR count). The van der Waals surface area contributed by atoms with Crippen LogP contribution in [0.4, 0.5) is 0 Å². The summed E-state index contributed by atoms with van der Waals surface area (Å²) in [4.78, 5) is 16.9. The minimum Gasteiger partial charge on any atom is -0.497 e. The van der Waals surface area contributed by atoms with Gasteiger partial charge in [0.25, 0.3) is 5.91 Å². The zero-order valence-electron chi connectivity index (χ0n) is 16.1. The van der Waals surface area contributed by atoms with Crippen LogP contribution in [0.25, 0.3) is 11.0 Å². The van der Waals surface area contributed by atoms with Crippen LogP contribution in [0.3, 0.4) is 0 Å². The van der Waals surface area contributed by atoms with Gasteiger partial charge in [-0.15, -0.1) is 0 Å². The average Bonchev–Trinajstić information content (AvgIpc) is 3.22. The van der Waals surface area contributed by atoms with Gasteiger partial charge in [0.15, 0.2) is 5.76 Å². The lowest BCUT2D eigenvalue weighted by Crippen LogP contribution is -2.33. The molecule has 1 aliphatic rings. The molecule has 2 heterocycles. The van der Waals surface area contributed by atoms with Crippen molar-refractivity contribution in [2.24, 2.45) is 11.8 Å². The van der Waals surface area contributed by atoms with Gasteiger partial charge in [-0.05, 0) is 32.0 Å². The highest BCUT2D eigenvalue weighted by Gasteiger charge is 2.37. The molecule has 1 amide bonds. The van der Waals surface area contributed by atoms with E-state index in [0.29, 0.717) is 36.7 Å². The van der Waals surface area contributed by atoms with Crippen LogP contribution in [-0.2, 0) is 0 Å². The topological polar surface area (TPSA) is 86.4 Å². The third kappa shape index (κ3) is 3.95. The van der Waals surface area contributed by atoms with Gasteiger partial charge in [0.05, 0.1) is 13.7 Å². The Hall–Kier alpha value is -2.09. The Kier molecular flexibility index (Phi) is 6.04. The Morgan fingerprint density at radius 2 is 2.07 bits per heavy atom. The first-order valence-corrected chi connectivity index (χ1v) is 9.25. The standard InChI is InChI=1S/C20H28N2O5/c1-13-17-5-4-16(26-3)8-18(17)27-19(13)20(25)22-10-14(15(11-22)12-24)9-21(2)6-7-23/h4-5,8,14-15,23-24H,6-7,9-12H2,1-3H3. The summed E-state index contributed by atoms with van der Waals surface area (Å²) in [5.74, 6) is 1.08. The van der Waals surface area contributed by atoms with Crippen molar-refractivity contribution < 1.29 is 24.2 Å². The summed E-state index contributed by atoms with van der Waals surface area (Å²) in [6.07, 6.45) is 0. The number of aliphatic hydroxyl groups is 2. The van der Waals surface area contributed by atoms with E-state index >= 15 is 0 Å². The van der Waals surface area contributed by atoms with Crippen LogP contribution < -0.4 is 4.74 Å². The number of methoxy groups -OCH3 is 1. The van der Waals surface area contributed by atoms with Crippen LogP contribution in [0.15, 0.2) is 22.6 Å². The smallest absolute Gasteiger partial charge is 0.289 e.